The number of hydrogen-bond acceptors (Lipinski definition) is 9. The number of Topliss-reactive ketones (excluding diaryl/α,β-unsaturated/α-hetero) is 1. The molecule has 0 radical (unpaired) electrons. The van der Waals surface area contributed by atoms with E-state index >= 15 is 0 Å². The third-order valence-electron chi connectivity index (χ3n) is 5.45. The molecule has 1 aromatic heterocycles. The number of hydrogen-bond donors (Lipinski definition) is 4. The number of benzene rings is 1. The Labute approximate surface area is 202 Å². The van der Waals surface area contributed by atoms with Crippen LogP contribution in [0.4, 0.5) is 5.00 Å². The molecule has 3 atom stereocenters. The number of aromatic hydroxyl groups is 1. The van der Waals surface area contributed by atoms with Crippen LogP contribution in [-0.4, -0.2) is 41.5 Å². The number of carbonyl (C=O) groups is 3. The number of fused-ring (bicyclic) bond motifs is 1. The lowest BCUT2D eigenvalue weighted by molar-refractivity contribution is -0.134. The van der Waals surface area contributed by atoms with Gasteiger partial charge in [-0.2, -0.15) is 0 Å². The van der Waals surface area contributed by atoms with Gasteiger partial charge in [-0.15, -0.1) is 11.3 Å². The molecule has 0 spiro atoms. The molecule has 0 saturated carbocycles. The number of nitrogen functional groups attached to an aromatic ring is 1. The van der Waals surface area contributed by atoms with Crippen molar-refractivity contribution in [3.05, 3.63) is 45.8 Å². The second kappa shape index (κ2) is 10.1. The second-order valence-corrected chi connectivity index (χ2v) is 10.3. The lowest BCUT2D eigenvalue weighted by Gasteiger charge is -2.26. The topological polar surface area (TPSA) is 154 Å². The number of phenolic OH excluding ortho intramolecular Hbond substituents is 1. The summed E-state index contributed by atoms with van der Waals surface area (Å²) in [6.45, 7) is 7.11. The lowest BCUT2D eigenvalue weighted by atomic mass is 9.90. The van der Waals surface area contributed by atoms with Crippen LogP contribution in [-0.2, 0) is 25.5 Å². The molecule has 0 saturated heterocycles. The first kappa shape index (κ1) is 25.7. The van der Waals surface area contributed by atoms with Crippen LogP contribution >= 0.6 is 11.3 Å². The molecule has 1 aromatic carbocycles. The van der Waals surface area contributed by atoms with E-state index in [1.165, 1.54) is 30.4 Å². The van der Waals surface area contributed by atoms with Crippen molar-refractivity contribution >= 4 is 34.0 Å². The molecule has 34 heavy (non-hydrogen) atoms. The van der Waals surface area contributed by atoms with Crippen molar-refractivity contribution in [1.29, 1.82) is 0 Å². The fourth-order valence-corrected chi connectivity index (χ4v) is 5.04. The van der Waals surface area contributed by atoms with Crippen molar-refractivity contribution in [3.8, 4) is 5.75 Å². The number of phenols is 1. The molecule has 9 nitrogen and oxygen atoms in total. The lowest BCUT2D eigenvalue weighted by Crippen LogP contribution is -2.42. The minimum absolute atomic E-state index is 0.0611. The summed E-state index contributed by atoms with van der Waals surface area (Å²) in [4.78, 5) is 38.7. The van der Waals surface area contributed by atoms with E-state index in [0.29, 0.717) is 29.2 Å². The maximum Gasteiger partial charge on any atom is 0.341 e. The molecule has 0 aliphatic carbocycles. The number of ketones is 1. The van der Waals surface area contributed by atoms with Gasteiger partial charge in [0.05, 0.1) is 12.2 Å². The van der Waals surface area contributed by atoms with Crippen molar-refractivity contribution in [3.63, 3.8) is 0 Å². The van der Waals surface area contributed by atoms with Gasteiger partial charge in [-0.3, -0.25) is 9.59 Å². The molecule has 10 heteroatoms. The van der Waals surface area contributed by atoms with E-state index in [-0.39, 0.29) is 18.1 Å². The molecule has 2 heterocycles. The molecule has 3 unspecified atom stereocenters. The Morgan fingerprint density at radius 2 is 1.91 bits per heavy atom. The number of ether oxygens (including phenoxy) is 2. The van der Waals surface area contributed by atoms with Gasteiger partial charge in [0.1, 0.15) is 34.2 Å². The van der Waals surface area contributed by atoms with Gasteiger partial charge in [0, 0.05) is 17.5 Å². The van der Waals surface area contributed by atoms with Crippen LogP contribution in [0, 0.1) is 5.92 Å². The number of thiophene rings is 1. The Morgan fingerprint density at radius 3 is 2.50 bits per heavy atom. The highest BCUT2D eigenvalue weighted by Gasteiger charge is 2.35. The van der Waals surface area contributed by atoms with Crippen LogP contribution in [0.1, 0.15) is 66.2 Å². The number of anilines is 1. The maximum atomic E-state index is 12.9. The molecule has 0 bridgehead atoms. The van der Waals surface area contributed by atoms with Gasteiger partial charge >= 0.3 is 5.97 Å². The number of carbonyl (C=O) groups excluding carboxylic acids is 3. The third-order valence-corrected chi connectivity index (χ3v) is 6.60. The molecular formula is C24H31N3O6S. The Kier molecular flexibility index (Phi) is 7.64. The van der Waals surface area contributed by atoms with E-state index in [0.717, 1.165) is 10.4 Å². The minimum Gasteiger partial charge on any atom is -0.508 e. The van der Waals surface area contributed by atoms with Gasteiger partial charge in [0.2, 0.25) is 5.91 Å². The standard InChI is InChI=1S/C24H31N3O6S/c1-12(28)17(19(25)13-5-7-14(29)8-6-13)22(30)27-11-16-20-15(9-10-32-16)18(21(26)34-20)23(31)33-24(2,3)4/h5-8,16-17,19,29H,9-11,25-26H2,1-4H3,(H,27,30). The van der Waals surface area contributed by atoms with E-state index in [1.807, 2.05) is 0 Å². The zero-order valence-electron chi connectivity index (χ0n) is 19.7. The molecule has 2 aromatic rings. The molecule has 6 N–H and O–H groups in total. The summed E-state index contributed by atoms with van der Waals surface area (Å²) in [5.74, 6) is -2.44. The maximum absolute atomic E-state index is 12.9. The predicted octanol–water partition coefficient (Wildman–Crippen LogP) is 2.63. The van der Waals surface area contributed by atoms with Crippen molar-refractivity contribution < 1.29 is 29.0 Å². The number of nitrogens with two attached hydrogens (primary N) is 2. The molecule has 0 fully saturated rings. The summed E-state index contributed by atoms with van der Waals surface area (Å²) in [5.41, 5.74) is 13.4. The fourth-order valence-electron chi connectivity index (χ4n) is 3.89. The average molecular weight is 490 g/mol. The van der Waals surface area contributed by atoms with Gasteiger partial charge < -0.3 is 31.4 Å². The Bertz CT molecular complexity index is 1070. The summed E-state index contributed by atoms with van der Waals surface area (Å²) in [6.07, 6.45) is -0.0159. The first-order valence-corrected chi connectivity index (χ1v) is 11.8. The van der Waals surface area contributed by atoms with Gasteiger partial charge in [0.15, 0.2) is 0 Å². The van der Waals surface area contributed by atoms with Gasteiger partial charge in [-0.25, -0.2) is 4.79 Å². The van der Waals surface area contributed by atoms with Crippen molar-refractivity contribution in [2.24, 2.45) is 11.7 Å². The molecule has 1 amide bonds. The quantitative estimate of drug-likeness (QED) is 0.342. The zero-order valence-corrected chi connectivity index (χ0v) is 20.5. The highest BCUT2D eigenvalue weighted by Crippen LogP contribution is 2.40. The highest BCUT2D eigenvalue weighted by atomic mass is 32.1. The first-order chi connectivity index (χ1) is 15.9. The molecule has 1 aliphatic heterocycles. The van der Waals surface area contributed by atoms with Crippen LogP contribution < -0.4 is 16.8 Å². The first-order valence-electron chi connectivity index (χ1n) is 11.0. The SMILES string of the molecule is CC(=O)C(C(=O)NCC1OCCc2c1sc(N)c2C(=O)OC(C)(C)C)C(N)c1ccc(O)cc1. The Morgan fingerprint density at radius 1 is 1.26 bits per heavy atom. The fraction of sp³-hybridized carbons (Fsp3) is 0.458. The van der Waals surface area contributed by atoms with Crippen molar-refractivity contribution in [1.82, 2.24) is 5.32 Å². The van der Waals surface area contributed by atoms with Crippen LogP contribution in [0.2, 0.25) is 0 Å². The Balaban J connectivity index is 1.75. The minimum atomic E-state index is -1.11. The summed E-state index contributed by atoms with van der Waals surface area (Å²) < 4.78 is 11.4. The summed E-state index contributed by atoms with van der Waals surface area (Å²) in [7, 11) is 0. The third kappa shape index (κ3) is 5.75. The second-order valence-electron chi connectivity index (χ2n) is 9.25. The predicted molar refractivity (Wildman–Crippen MR) is 129 cm³/mol. The van der Waals surface area contributed by atoms with E-state index in [9.17, 15) is 19.5 Å². The summed E-state index contributed by atoms with van der Waals surface area (Å²) in [6, 6.07) is 5.17. The number of esters is 1. The van der Waals surface area contributed by atoms with Crippen LogP contribution in [0.3, 0.4) is 0 Å². The van der Waals surface area contributed by atoms with Crippen LogP contribution in [0.15, 0.2) is 24.3 Å². The van der Waals surface area contributed by atoms with Gasteiger partial charge in [0.25, 0.3) is 0 Å². The monoisotopic (exact) mass is 489 g/mol. The normalized spacial score (nSPS) is 17.4. The molecule has 184 valence electrons. The largest absolute Gasteiger partial charge is 0.508 e. The van der Waals surface area contributed by atoms with Crippen LogP contribution in [0.25, 0.3) is 0 Å². The zero-order chi connectivity index (χ0) is 25.2. The van der Waals surface area contributed by atoms with Gasteiger partial charge in [-0.1, -0.05) is 12.1 Å². The smallest absolute Gasteiger partial charge is 0.341 e. The van der Waals surface area contributed by atoms with E-state index < -0.39 is 35.5 Å². The van der Waals surface area contributed by atoms with Crippen LogP contribution in [0.5, 0.6) is 5.75 Å². The number of rotatable bonds is 7. The molecule has 1 aliphatic rings. The molecule has 3 rings (SSSR count). The van der Waals surface area contributed by atoms with E-state index in [2.05, 4.69) is 5.32 Å². The van der Waals surface area contributed by atoms with Crippen molar-refractivity contribution in [2.75, 3.05) is 18.9 Å². The summed E-state index contributed by atoms with van der Waals surface area (Å²) >= 11 is 1.24. The highest BCUT2D eigenvalue weighted by molar-refractivity contribution is 7.16. The Hall–Kier alpha value is -2.95. The van der Waals surface area contributed by atoms with E-state index in [4.69, 9.17) is 20.9 Å². The average Bonchev–Trinajstić information content (AvgIpc) is 3.07. The van der Waals surface area contributed by atoms with E-state index in [1.54, 1.807) is 32.9 Å². The number of nitrogens with one attached hydrogen (secondary N) is 1. The molecular weight excluding hydrogens is 458 g/mol. The number of amides is 1. The van der Waals surface area contributed by atoms with Gasteiger partial charge in [-0.05, 0) is 57.4 Å². The van der Waals surface area contributed by atoms with Crippen molar-refractivity contribution in [2.45, 2.75) is 51.9 Å². The summed E-state index contributed by atoms with van der Waals surface area (Å²) in [5, 5.41) is 12.6.